The van der Waals surface area contributed by atoms with E-state index in [0.717, 1.165) is 29.7 Å². The molecule has 0 saturated heterocycles. The number of hydrogen-bond donors (Lipinski definition) is 1. The van der Waals surface area contributed by atoms with Crippen LogP contribution in [0.25, 0.3) is 0 Å². The standard InChI is InChI=1S/C21H23NO5S/c1-11(2)27-21(24)18-14-6-4-12(3)8-17(14)28-20(18)22-19(23)13-5-7-15-16(9-13)26-10-25-15/h5,7,9,11-12H,4,6,8,10H2,1-3H3,(H,22,23)/t12-/m0/s1. The molecule has 1 amide bonds. The van der Waals surface area contributed by atoms with Gasteiger partial charge in [-0.25, -0.2) is 4.79 Å². The zero-order valence-corrected chi connectivity index (χ0v) is 17.0. The van der Waals surface area contributed by atoms with Crippen LogP contribution >= 0.6 is 11.3 Å². The number of amides is 1. The minimum absolute atomic E-state index is 0.154. The van der Waals surface area contributed by atoms with E-state index >= 15 is 0 Å². The van der Waals surface area contributed by atoms with Gasteiger partial charge in [0.1, 0.15) is 5.00 Å². The second kappa shape index (κ2) is 7.47. The lowest BCUT2D eigenvalue weighted by molar-refractivity contribution is 0.0378. The maximum absolute atomic E-state index is 12.8. The van der Waals surface area contributed by atoms with Crippen molar-refractivity contribution < 1.29 is 23.8 Å². The number of carbonyl (C=O) groups is 2. The molecule has 7 heteroatoms. The molecule has 1 aliphatic heterocycles. The second-order valence-electron chi connectivity index (χ2n) is 7.53. The molecule has 0 bridgehead atoms. The molecule has 1 N–H and O–H groups in total. The summed E-state index contributed by atoms with van der Waals surface area (Å²) in [4.78, 5) is 26.8. The van der Waals surface area contributed by atoms with Crippen LogP contribution in [0.3, 0.4) is 0 Å². The zero-order chi connectivity index (χ0) is 19.8. The molecule has 1 aromatic carbocycles. The van der Waals surface area contributed by atoms with Crippen LogP contribution in [0.15, 0.2) is 18.2 Å². The lowest BCUT2D eigenvalue weighted by Gasteiger charge is -2.18. The minimum atomic E-state index is -0.372. The van der Waals surface area contributed by atoms with E-state index in [1.165, 1.54) is 11.3 Å². The van der Waals surface area contributed by atoms with Gasteiger partial charge in [-0.15, -0.1) is 11.3 Å². The molecule has 0 unspecified atom stereocenters. The Morgan fingerprint density at radius 2 is 2.04 bits per heavy atom. The van der Waals surface area contributed by atoms with Crippen molar-refractivity contribution in [3.05, 3.63) is 39.8 Å². The van der Waals surface area contributed by atoms with Crippen molar-refractivity contribution >= 4 is 28.2 Å². The lowest BCUT2D eigenvalue weighted by Crippen LogP contribution is -2.18. The Hall–Kier alpha value is -2.54. The molecule has 28 heavy (non-hydrogen) atoms. The van der Waals surface area contributed by atoms with Crippen molar-refractivity contribution in [2.24, 2.45) is 5.92 Å². The number of benzene rings is 1. The number of carbonyl (C=O) groups excluding carboxylic acids is 2. The lowest BCUT2D eigenvalue weighted by atomic mass is 9.88. The van der Waals surface area contributed by atoms with Gasteiger partial charge in [0.2, 0.25) is 6.79 Å². The van der Waals surface area contributed by atoms with Gasteiger partial charge in [-0.05, 0) is 62.8 Å². The third-order valence-corrected chi connectivity index (χ3v) is 6.09. The Labute approximate surface area is 167 Å². The van der Waals surface area contributed by atoms with Crippen LogP contribution in [0.5, 0.6) is 11.5 Å². The highest BCUT2D eigenvalue weighted by Gasteiger charge is 2.30. The zero-order valence-electron chi connectivity index (χ0n) is 16.2. The molecule has 4 rings (SSSR count). The molecule has 0 radical (unpaired) electrons. The van der Waals surface area contributed by atoms with E-state index in [1.807, 2.05) is 13.8 Å². The normalized spacial score (nSPS) is 17.4. The Morgan fingerprint density at radius 1 is 1.25 bits per heavy atom. The summed E-state index contributed by atoms with van der Waals surface area (Å²) in [6.07, 6.45) is 2.56. The summed E-state index contributed by atoms with van der Waals surface area (Å²) >= 11 is 1.48. The number of nitrogens with one attached hydrogen (secondary N) is 1. The summed E-state index contributed by atoms with van der Waals surface area (Å²) < 4.78 is 16.1. The number of rotatable bonds is 4. The van der Waals surface area contributed by atoms with Crippen LogP contribution in [-0.4, -0.2) is 24.8 Å². The Bertz CT molecular complexity index is 933. The molecule has 2 heterocycles. The SMILES string of the molecule is CC(C)OC(=O)c1c(NC(=O)c2ccc3c(c2)OCO3)sc2c1CC[C@H](C)C2. The Kier molecular flexibility index (Phi) is 5.02. The summed E-state index contributed by atoms with van der Waals surface area (Å²) in [7, 11) is 0. The topological polar surface area (TPSA) is 73.9 Å². The van der Waals surface area contributed by atoms with E-state index in [0.29, 0.717) is 33.5 Å². The Balaban J connectivity index is 1.64. The fourth-order valence-corrected chi connectivity index (χ4v) is 4.93. The number of hydrogen-bond acceptors (Lipinski definition) is 6. The van der Waals surface area contributed by atoms with Gasteiger partial charge >= 0.3 is 5.97 Å². The number of anilines is 1. The van der Waals surface area contributed by atoms with Gasteiger partial charge in [-0.2, -0.15) is 0 Å². The van der Waals surface area contributed by atoms with Crippen molar-refractivity contribution in [2.75, 3.05) is 12.1 Å². The van der Waals surface area contributed by atoms with E-state index in [9.17, 15) is 9.59 Å². The van der Waals surface area contributed by atoms with Gasteiger partial charge in [0, 0.05) is 10.4 Å². The maximum atomic E-state index is 12.8. The van der Waals surface area contributed by atoms with Crippen LogP contribution in [-0.2, 0) is 17.6 Å². The van der Waals surface area contributed by atoms with Gasteiger partial charge < -0.3 is 19.5 Å². The first kappa shape index (κ1) is 18.8. The molecular formula is C21H23NO5S. The van der Waals surface area contributed by atoms with Gasteiger partial charge in [0.05, 0.1) is 11.7 Å². The summed E-state index contributed by atoms with van der Waals surface area (Å²) in [5.74, 6) is 1.08. The fourth-order valence-electron chi connectivity index (χ4n) is 3.54. The third-order valence-electron chi connectivity index (χ3n) is 4.92. The predicted octanol–water partition coefficient (Wildman–Crippen LogP) is 4.42. The van der Waals surface area contributed by atoms with Gasteiger partial charge in [0.25, 0.3) is 5.91 Å². The highest BCUT2D eigenvalue weighted by molar-refractivity contribution is 7.17. The second-order valence-corrected chi connectivity index (χ2v) is 8.64. The minimum Gasteiger partial charge on any atom is -0.459 e. The van der Waals surface area contributed by atoms with E-state index in [-0.39, 0.29) is 24.8 Å². The molecule has 0 fully saturated rings. The van der Waals surface area contributed by atoms with Crippen LogP contribution in [0.2, 0.25) is 0 Å². The van der Waals surface area contributed by atoms with Gasteiger partial charge in [-0.1, -0.05) is 6.92 Å². The van der Waals surface area contributed by atoms with Crippen LogP contribution in [0, 0.1) is 5.92 Å². The molecule has 1 atom stereocenters. The molecule has 6 nitrogen and oxygen atoms in total. The predicted molar refractivity (Wildman–Crippen MR) is 107 cm³/mol. The summed E-state index contributed by atoms with van der Waals surface area (Å²) in [6, 6.07) is 5.05. The summed E-state index contributed by atoms with van der Waals surface area (Å²) in [5, 5.41) is 3.49. The number of thiophene rings is 1. The molecule has 2 aromatic rings. The van der Waals surface area contributed by atoms with Crippen molar-refractivity contribution in [2.45, 2.75) is 46.1 Å². The van der Waals surface area contributed by atoms with Crippen molar-refractivity contribution in [1.82, 2.24) is 0 Å². The smallest absolute Gasteiger partial charge is 0.341 e. The Morgan fingerprint density at radius 3 is 2.82 bits per heavy atom. The van der Waals surface area contributed by atoms with Gasteiger partial charge in [-0.3, -0.25) is 4.79 Å². The monoisotopic (exact) mass is 401 g/mol. The van der Waals surface area contributed by atoms with Crippen LogP contribution in [0.1, 0.15) is 58.3 Å². The molecular weight excluding hydrogens is 378 g/mol. The van der Waals surface area contributed by atoms with Gasteiger partial charge in [0.15, 0.2) is 11.5 Å². The highest BCUT2D eigenvalue weighted by atomic mass is 32.1. The molecule has 2 aliphatic rings. The average molecular weight is 401 g/mol. The average Bonchev–Trinajstić information content (AvgIpc) is 3.23. The number of ether oxygens (including phenoxy) is 3. The molecule has 0 spiro atoms. The van der Waals surface area contributed by atoms with E-state index in [4.69, 9.17) is 14.2 Å². The molecule has 1 aromatic heterocycles. The first-order valence-electron chi connectivity index (χ1n) is 9.49. The van der Waals surface area contributed by atoms with Crippen molar-refractivity contribution in [3.8, 4) is 11.5 Å². The molecule has 1 aliphatic carbocycles. The number of fused-ring (bicyclic) bond motifs is 2. The molecule has 0 saturated carbocycles. The summed E-state index contributed by atoms with van der Waals surface area (Å²) in [5.41, 5.74) is 1.98. The quantitative estimate of drug-likeness (QED) is 0.768. The highest BCUT2D eigenvalue weighted by Crippen LogP contribution is 2.40. The van der Waals surface area contributed by atoms with Crippen molar-refractivity contribution in [1.29, 1.82) is 0 Å². The number of esters is 1. The van der Waals surface area contributed by atoms with E-state index in [1.54, 1.807) is 18.2 Å². The largest absolute Gasteiger partial charge is 0.459 e. The fraction of sp³-hybridized carbons (Fsp3) is 0.429. The van der Waals surface area contributed by atoms with Crippen LogP contribution in [0.4, 0.5) is 5.00 Å². The van der Waals surface area contributed by atoms with Crippen molar-refractivity contribution in [3.63, 3.8) is 0 Å². The van der Waals surface area contributed by atoms with E-state index in [2.05, 4.69) is 12.2 Å². The molecule has 148 valence electrons. The third kappa shape index (κ3) is 3.58. The summed E-state index contributed by atoms with van der Waals surface area (Å²) in [6.45, 7) is 6.01. The first-order chi connectivity index (χ1) is 13.4. The first-order valence-corrected chi connectivity index (χ1v) is 10.3. The van der Waals surface area contributed by atoms with E-state index < -0.39 is 0 Å². The van der Waals surface area contributed by atoms with Crippen LogP contribution < -0.4 is 14.8 Å². The maximum Gasteiger partial charge on any atom is 0.341 e.